The maximum Gasteiger partial charge on any atom is 0.405 e. The molecule has 0 bridgehead atoms. The number of ether oxygens (including phenoxy) is 1. The molecule has 0 atom stereocenters. The highest BCUT2D eigenvalue weighted by Gasteiger charge is 2.34. The molecule has 0 aromatic heterocycles. The van der Waals surface area contributed by atoms with Gasteiger partial charge in [-0.3, -0.25) is 4.79 Å². The van der Waals surface area contributed by atoms with Gasteiger partial charge in [-0.15, -0.1) is 0 Å². The third kappa shape index (κ3) is 5.08. The van der Waals surface area contributed by atoms with Gasteiger partial charge in [-0.05, 0) is 37.1 Å². The second kappa shape index (κ2) is 7.61. The van der Waals surface area contributed by atoms with Crippen LogP contribution in [0.25, 0.3) is 0 Å². The Kier molecular flexibility index (Phi) is 5.94. The molecule has 1 aliphatic rings. The second-order valence-corrected chi connectivity index (χ2v) is 7.62. The minimum absolute atomic E-state index is 0.0818. The number of sulfonamides is 1. The molecule has 1 aromatic rings. The molecule has 140 valence electrons. The molecule has 0 radical (unpaired) electrons. The average molecular weight is 380 g/mol. The number of carbonyl (C=O) groups is 1. The lowest BCUT2D eigenvalue weighted by molar-refractivity contribution is -0.141. The second-order valence-electron chi connectivity index (χ2n) is 5.69. The maximum atomic E-state index is 12.6. The van der Waals surface area contributed by atoms with Gasteiger partial charge in [0.15, 0.2) is 0 Å². The summed E-state index contributed by atoms with van der Waals surface area (Å²) in [5, 5.41) is 1.84. The lowest BCUT2D eigenvalue weighted by Gasteiger charge is -2.30. The Hall–Kier alpha value is -1.81. The predicted molar refractivity (Wildman–Crippen MR) is 83.5 cm³/mol. The molecule has 0 saturated carbocycles. The number of hydrogen-bond donors (Lipinski definition) is 1. The Bertz CT molecular complexity index is 696. The van der Waals surface area contributed by atoms with Crippen molar-refractivity contribution >= 4 is 15.9 Å². The zero-order valence-corrected chi connectivity index (χ0v) is 14.4. The minimum atomic E-state index is -4.46. The highest BCUT2D eigenvalue weighted by atomic mass is 32.2. The summed E-state index contributed by atoms with van der Waals surface area (Å²) >= 11 is 0. The van der Waals surface area contributed by atoms with Crippen molar-refractivity contribution in [3.8, 4) is 5.75 Å². The van der Waals surface area contributed by atoms with Gasteiger partial charge >= 0.3 is 6.18 Å². The quantitative estimate of drug-likeness (QED) is 0.845. The van der Waals surface area contributed by atoms with E-state index in [2.05, 4.69) is 0 Å². The normalized spacial score (nSPS) is 17.3. The molecule has 2 rings (SSSR count). The summed E-state index contributed by atoms with van der Waals surface area (Å²) < 4.78 is 67.7. The summed E-state index contributed by atoms with van der Waals surface area (Å²) in [7, 11) is -2.24. The van der Waals surface area contributed by atoms with Crippen molar-refractivity contribution in [3.05, 3.63) is 24.3 Å². The summed E-state index contributed by atoms with van der Waals surface area (Å²) in [6, 6.07) is 5.92. The summed E-state index contributed by atoms with van der Waals surface area (Å²) in [5.74, 6) is -0.789. The molecular weight excluding hydrogens is 361 g/mol. The first-order chi connectivity index (χ1) is 11.6. The van der Waals surface area contributed by atoms with E-state index in [1.807, 2.05) is 5.32 Å². The number of nitrogens with zero attached hydrogens (tertiary/aromatic N) is 1. The number of methoxy groups -OCH3 is 1. The molecule has 1 saturated heterocycles. The third-order valence-electron chi connectivity index (χ3n) is 3.98. The van der Waals surface area contributed by atoms with Crippen LogP contribution in [-0.4, -0.2) is 51.6 Å². The average Bonchev–Trinajstić information content (AvgIpc) is 2.59. The van der Waals surface area contributed by atoms with E-state index in [9.17, 15) is 26.4 Å². The van der Waals surface area contributed by atoms with E-state index in [4.69, 9.17) is 4.74 Å². The van der Waals surface area contributed by atoms with E-state index in [0.29, 0.717) is 5.75 Å². The Morgan fingerprint density at radius 2 is 1.80 bits per heavy atom. The van der Waals surface area contributed by atoms with Crippen LogP contribution in [0.2, 0.25) is 0 Å². The van der Waals surface area contributed by atoms with E-state index in [1.165, 1.54) is 35.7 Å². The number of amides is 1. The van der Waals surface area contributed by atoms with E-state index in [1.54, 1.807) is 0 Å². The molecule has 1 amide bonds. The largest absolute Gasteiger partial charge is 0.497 e. The lowest BCUT2D eigenvalue weighted by Crippen LogP contribution is -2.44. The predicted octanol–water partition coefficient (Wildman–Crippen LogP) is 1.77. The van der Waals surface area contributed by atoms with Gasteiger partial charge in [0, 0.05) is 19.0 Å². The highest BCUT2D eigenvalue weighted by molar-refractivity contribution is 7.89. The number of hydrogen-bond acceptors (Lipinski definition) is 4. The zero-order chi connectivity index (χ0) is 18.7. The van der Waals surface area contributed by atoms with Crippen LogP contribution in [0.15, 0.2) is 29.2 Å². The molecule has 1 fully saturated rings. The maximum absolute atomic E-state index is 12.6. The molecule has 25 heavy (non-hydrogen) atoms. The van der Waals surface area contributed by atoms with Gasteiger partial charge in [0.25, 0.3) is 0 Å². The number of piperidine rings is 1. The topological polar surface area (TPSA) is 75.7 Å². The van der Waals surface area contributed by atoms with E-state index < -0.39 is 34.6 Å². The van der Waals surface area contributed by atoms with Gasteiger partial charge in [0.1, 0.15) is 12.3 Å². The van der Waals surface area contributed by atoms with Crippen molar-refractivity contribution in [2.45, 2.75) is 23.9 Å². The van der Waals surface area contributed by atoms with Gasteiger partial charge in [0.05, 0.1) is 12.0 Å². The van der Waals surface area contributed by atoms with Gasteiger partial charge in [-0.2, -0.15) is 17.5 Å². The van der Waals surface area contributed by atoms with Crippen molar-refractivity contribution in [1.82, 2.24) is 9.62 Å². The molecule has 0 aliphatic carbocycles. The van der Waals surface area contributed by atoms with Crippen LogP contribution in [-0.2, 0) is 14.8 Å². The van der Waals surface area contributed by atoms with Crippen molar-refractivity contribution in [2.75, 3.05) is 26.7 Å². The fourth-order valence-electron chi connectivity index (χ4n) is 2.59. The van der Waals surface area contributed by atoms with Crippen LogP contribution in [0.1, 0.15) is 12.8 Å². The summed E-state index contributed by atoms with van der Waals surface area (Å²) in [6.45, 7) is -1.22. The number of carbonyl (C=O) groups excluding carboxylic acids is 1. The standard InChI is InChI=1S/C15H19F3N2O4S/c1-24-12-2-4-13(5-3-12)25(22,23)20-8-6-11(7-9-20)14(21)19-10-15(16,17)18/h2-5,11H,6-10H2,1H3,(H,19,21). The lowest BCUT2D eigenvalue weighted by atomic mass is 9.97. The number of halogens is 3. The van der Waals surface area contributed by atoms with Crippen LogP contribution < -0.4 is 10.1 Å². The van der Waals surface area contributed by atoms with E-state index in [0.717, 1.165) is 0 Å². The molecule has 1 N–H and O–H groups in total. The molecule has 6 nitrogen and oxygen atoms in total. The molecule has 10 heteroatoms. The van der Waals surface area contributed by atoms with Crippen LogP contribution in [0.3, 0.4) is 0 Å². The van der Waals surface area contributed by atoms with Gasteiger partial charge in [-0.25, -0.2) is 8.42 Å². The fraction of sp³-hybridized carbons (Fsp3) is 0.533. The third-order valence-corrected chi connectivity index (χ3v) is 5.90. The number of alkyl halides is 3. The Labute approximate surface area is 144 Å². The van der Waals surface area contributed by atoms with Gasteiger partial charge < -0.3 is 10.1 Å². The van der Waals surface area contributed by atoms with E-state index >= 15 is 0 Å². The van der Waals surface area contributed by atoms with Crippen LogP contribution in [0.4, 0.5) is 13.2 Å². The SMILES string of the molecule is COc1ccc(S(=O)(=O)N2CCC(C(=O)NCC(F)(F)F)CC2)cc1. The van der Waals surface area contributed by atoms with Crippen molar-refractivity contribution in [2.24, 2.45) is 5.92 Å². The smallest absolute Gasteiger partial charge is 0.405 e. The van der Waals surface area contributed by atoms with Gasteiger partial charge in [-0.1, -0.05) is 0 Å². The van der Waals surface area contributed by atoms with Crippen LogP contribution >= 0.6 is 0 Å². The highest BCUT2D eigenvalue weighted by Crippen LogP contribution is 2.25. The monoisotopic (exact) mass is 380 g/mol. The summed E-state index contributed by atoms with van der Waals surface area (Å²) in [6.07, 6.45) is -4.10. The first-order valence-corrected chi connectivity index (χ1v) is 9.06. The van der Waals surface area contributed by atoms with E-state index in [-0.39, 0.29) is 30.8 Å². The molecule has 0 spiro atoms. The van der Waals surface area contributed by atoms with Crippen LogP contribution in [0.5, 0.6) is 5.75 Å². The number of rotatable bonds is 5. The zero-order valence-electron chi connectivity index (χ0n) is 13.5. The first kappa shape index (κ1) is 19.5. The fourth-order valence-corrected chi connectivity index (χ4v) is 4.06. The molecule has 0 unspecified atom stereocenters. The minimum Gasteiger partial charge on any atom is -0.497 e. The Morgan fingerprint density at radius 1 is 1.24 bits per heavy atom. The Balaban J connectivity index is 1.95. The molecule has 1 heterocycles. The van der Waals surface area contributed by atoms with Crippen molar-refractivity contribution in [1.29, 1.82) is 0 Å². The first-order valence-electron chi connectivity index (χ1n) is 7.62. The number of benzene rings is 1. The van der Waals surface area contributed by atoms with Crippen molar-refractivity contribution in [3.63, 3.8) is 0 Å². The molecule has 1 aliphatic heterocycles. The molecular formula is C15H19F3N2O4S. The number of nitrogens with one attached hydrogen (secondary N) is 1. The summed E-state index contributed by atoms with van der Waals surface area (Å²) in [4.78, 5) is 11.9. The van der Waals surface area contributed by atoms with Crippen molar-refractivity contribution < 1.29 is 31.1 Å². The summed E-state index contributed by atoms with van der Waals surface area (Å²) in [5.41, 5.74) is 0. The van der Waals surface area contributed by atoms with Gasteiger partial charge in [0.2, 0.25) is 15.9 Å². The Morgan fingerprint density at radius 3 is 2.28 bits per heavy atom. The van der Waals surface area contributed by atoms with Crippen LogP contribution in [0, 0.1) is 5.92 Å². The molecule has 1 aromatic carbocycles.